The quantitative estimate of drug-likeness (QED) is 0.723. The van der Waals surface area contributed by atoms with Gasteiger partial charge in [-0.25, -0.2) is 4.98 Å². The molecule has 1 aromatic carbocycles. The Morgan fingerprint density at radius 3 is 2.73 bits per heavy atom. The maximum absolute atomic E-state index is 14.1. The number of amides is 1. The van der Waals surface area contributed by atoms with Crippen molar-refractivity contribution in [2.45, 2.75) is 31.2 Å². The molecule has 0 bridgehead atoms. The topological polar surface area (TPSA) is 64.1 Å². The zero-order chi connectivity index (χ0) is 22.0. The maximum Gasteiger partial charge on any atom is 0.242 e. The monoisotopic (exact) mass is 443 g/mol. The molecule has 2 aromatic rings. The fourth-order valence-corrected chi connectivity index (χ4v) is 5.97. The molecule has 2 saturated heterocycles. The second-order valence-corrected chi connectivity index (χ2v) is 9.38. The lowest BCUT2D eigenvalue weighted by molar-refractivity contribution is -0.133. The number of aromatic nitrogens is 1. The van der Waals surface area contributed by atoms with E-state index in [1.54, 1.807) is 0 Å². The number of nitrogens with zero attached hydrogens (tertiary/aromatic N) is 3. The predicted octanol–water partition coefficient (Wildman–Crippen LogP) is 3.54. The van der Waals surface area contributed by atoms with Crippen LogP contribution in [-0.2, 0) is 16.8 Å². The minimum Gasteiger partial charge on any atom is -0.492 e. The van der Waals surface area contributed by atoms with Gasteiger partial charge in [-0.05, 0) is 43.0 Å². The SMILES string of the molecule is O=C1N(Cc2ccc(N3CCCC3)nc2)C2=CC=CCC2C12COc1cc3c(cc12)OCO3. The molecule has 2 atom stereocenters. The lowest BCUT2D eigenvalue weighted by Gasteiger charge is -2.27. The molecule has 1 spiro atoms. The number of likely N-dealkylation sites (tertiary alicyclic amines) is 1. The molecule has 33 heavy (non-hydrogen) atoms. The number of carbonyl (C=O) groups is 1. The highest BCUT2D eigenvalue weighted by atomic mass is 16.7. The van der Waals surface area contributed by atoms with Crippen molar-refractivity contribution < 1.29 is 19.0 Å². The third-order valence-electron chi connectivity index (χ3n) is 7.66. The van der Waals surface area contributed by atoms with Crippen molar-refractivity contribution in [3.8, 4) is 17.2 Å². The van der Waals surface area contributed by atoms with Crippen molar-refractivity contribution in [1.82, 2.24) is 9.88 Å². The summed E-state index contributed by atoms with van der Waals surface area (Å²) in [5, 5.41) is 0. The van der Waals surface area contributed by atoms with E-state index in [0.717, 1.165) is 47.9 Å². The summed E-state index contributed by atoms with van der Waals surface area (Å²) in [7, 11) is 0. The standard InChI is InChI=1S/C26H25N3O4/c30-25-26(15-31-21-12-23-22(11-19(21)26)32-16-33-23)18-5-1-2-6-20(18)29(25)14-17-7-8-24(27-13-17)28-9-3-4-10-28/h1-2,6-8,11-13,18H,3-5,9-10,14-16H2. The van der Waals surface area contributed by atoms with Gasteiger partial charge in [0.25, 0.3) is 0 Å². The predicted molar refractivity (Wildman–Crippen MR) is 121 cm³/mol. The van der Waals surface area contributed by atoms with Crippen LogP contribution in [-0.4, -0.2) is 42.3 Å². The fraction of sp³-hybridized carbons (Fsp3) is 0.385. The number of hydrogen-bond donors (Lipinski definition) is 0. The number of allylic oxidation sites excluding steroid dienone is 4. The summed E-state index contributed by atoms with van der Waals surface area (Å²) < 4.78 is 17.3. The van der Waals surface area contributed by atoms with Gasteiger partial charge in [-0.3, -0.25) is 4.79 Å². The molecule has 7 heteroatoms. The van der Waals surface area contributed by atoms with Gasteiger partial charge in [0.1, 0.15) is 23.6 Å². The van der Waals surface area contributed by atoms with Gasteiger partial charge in [-0.2, -0.15) is 0 Å². The van der Waals surface area contributed by atoms with Crippen LogP contribution in [0.1, 0.15) is 30.4 Å². The van der Waals surface area contributed by atoms with E-state index >= 15 is 0 Å². The average Bonchev–Trinajstić information content (AvgIpc) is 3.64. The Kier molecular flexibility index (Phi) is 4.04. The van der Waals surface area contributed by atoms with Crippen molar-refractivity contribution in [3.63, 3.8) is 0 Å². The summed E-state index contributed by atoms with van der Waals surface area (Å²) in [6.45, 7) is 3.17. The van der Waals surface area contributed by atoms with Crippen molar-refractivity contribution in [1.29, 1.82) is 0 Å². The highest BCUT2D eigenvalue weighted by Crippen LogP contribution is 2.57. The molecule has 7 nitrogen and oxygen atoms in total. The zero-order valence-corrected chi connectivity index (χ0v) is 18.3. The van der Waals surface area contributed by atoms with Crippen LogP contribution < -0.4 is 19.1 Å². The molecule has 0 N–H and O–H groups in total. The van der Waals surface area contributed by atoms with E-state index in [4.69, 9.17) is 19.2 Å². The fourth-order valence-electron chi connectivity index (χ4n) is 5.97. The second-order valence-electron chi connectivity index (χ2n) is 9.38. The molecule has 5 heterocycles. The van der Waals surface area contributed by atoms with Crippen LogP contribution in [0, 0.1) is 5.92 Å². The zero-order valence-electron chi connectivity index (χ0n) is 18.3. The number of carbonyl (C=O) groups excluding carboxylic acids is 1. The largest absolute Gasteiger partial charge is 0.492 e. The van der Waals surface area contributed by atoms with Crippen molar-refractivity contribution in [2.24, 2.45) is 5.92 Å². The lowest BCUT2D eigenvalue weighted by Crippen LogP contribution is -2.42. The minimum atomic E-state index is -0.740. The molecule has 1 aliphatic carbocycles. The summed E-state index contributed by atoms with van der Waals surface area (Å²) >= 11 is 0. The molecule has 168 valence electrons. The van der Waals surface area contributed by atoms with Gasteiger partial charge < -0.3 is 24.0 Å². The summed E-state index contributed by atoms with van der Waals surface area (Å²) in [6, 6.07) is 8.00. The Bertz CT molecular complexity index is 1200. The lowest BCUT2D eigenvalue weighted by atomic mass is 9.70. The van der Waals surface area contributed by atoms with Crippen LogP contribution in [0.3, 0.4) is 0 Å². The molecule has 1 amide bonds. The number of hydrogen-bond acceptors (Lipinski definition) is 6. The van der Waals surface area contributed by atoms with Gasteiger partial charge in [0.05, 0.1) is 6.54 Å². The first-order chi connectivity index (χ1) is 16.2. The van der Waals surface area contributed by atoms with Gasteiger partial charge in [0.2, 0.25) is 12.7 Å². The first-order valence-corrected chi connectivity index (χ1v) is 11.7. The molecule has 2 fully saturated rings. The third-order valence-corrected chi connectivity index (χ3v) is 7.66. The van der Waals surface area contributed by atoms with Crippen molar-refractivity contribution >= 4 is 11.7 Å². The van der Waals surface area contributed by atoms with E-state index in [-0.39, 0.29) is 18.6 Å². The van der Waals surface area contributed by atoms with E-state index in [1.807, 2.05) is 23.2 Å². The first-order valence-electron chi connectivity index (χ1n) is 11.7. The highest BCUT2D eigenvalue weighted by molar-refractivity contribution is 5.96. The molecule has 0 radical (unpaired) electrons. The molecule has 7 rings (SSSR count). The van der Waals surface area contributed by atoms with Crippen molar-refractivity contribution in [2.75, 3.05) is 31.4 Å². The Labute approximate surface area is 192 Å². The normalized spacial score (nSPS) is 26.6. The molecular weight excluding hydrogens is 418 g/mol. The van der Waals surface area contributed by atoms with Gasteiger partial charge in [-0.15, -0.1) is 0 Å². The van der Waals surface area contributed by atoms with Crippen LogP contribution in [0.2, 0.25) is 0 Å². The third kappa shape index (κ3) is 2.68. The second kappa shape index (κ2) is 7.01. The van der Waals surface area contributed by atoms with E-state index in [9.17, 15) is 4.79 Å². The van der Waals surface area contributed by atoms with E-state index in [0.29, 0.717) is 24.7 Å². The average molecular weight is 444 g/mol. The summed E-state index contributed by atoms with van der Waals surface area (Å²) in [6.07, 6.45) is 11.4. The Hall–Kier alpha value is -3.48. The van der Waals surface area contributed by atoms with Gasteiger partial charge >= 0.3 is 0 Å². The highest BCUT2D eigenvalue weighted by Gasteiger charge is 2.61. The number of rotatable bonds is 3. The van der Waals surface area contributed by atoms with Crippen molar-refractivity contribution in [3.05, 3.63) is 65.5 Å². The van der Waals surface area contributed by atoms with Crippen LogP contribution in [0.4, 0.5) is 5.82 Å². The first kappa shape index (κ1) is 19.0. The van der Waals surface area contributed by atoms with Gasteiger partial charge in [0.15, 0.2) is 11.5 Å². The van der Waals surface area contributed by atoms with Crippen LogP contribution >= 0.6 is 0 Å². The molecule has 1 aromatic heterocycles. The number of benzene rings is 1. The van der Waals surface area contributed by atoms with Crippen LogP contribution in [0.5, 0.6) is 17.2 Å². The Balaban J connectivity index is 1.24. The number of pyridine rings is 1. The smallest absolute Gasteiger partial charge is 0.242 e. The molecule has 5 aliphatic rings. The van der Waals surface area contributed by atoms with E-state index < -0.39 is 5.41 Å². The maximum atomic E-state index is 14.1. The van der Waals surface area contributed by atoms with Gasteiger partial charge in [0, 0.05) is 42.5 Å². The Morgan fingerprint density at radius 2 is 1.91 bits per heavy atom. The molecular formula is C26H25N3O4. The van der Waals surface area contributed by atoms with Crippen LogP contribution in [0.15, 0.2) is 54.4 Å². The summed E-state index contributed by atoms with van der Waals surface area (Å²) in [5.74, 6) is 3.23. The van der Waals surface area contributed by atoms with Crippen LogP contribution in [0.25, 0.3) is 0 Å². The van der Waals surface area contributed by atoms with E-state index in [2.05, 4.69) is 35.3 Å². The molecule has 0 saturated carbocycles. The number of ether oxygens (including phenoxy) is 3. The summed E-state index contributed by atoms with van der Waals surface area (Å²) in [4.78, 5) is 23.1. The van der Waals surface area contributed by atoms with E-state index in [1.165, 1.54) is 12.8 Å². The minimum absolute atomic E-state index is 0.0356. The van der Waals surface area contributed by atoms with Gasteiger partial charge in [-0.1, -0.05) is 18.2 Å². The molecule has 4 aliphatic heterocycles. The summed E-state index contributed by atoms with van der Waals surface area (Å²) in [5.41, 5.74) is 2.26. The Morgan fingerprint density at radius 1 is 1.06 bits per heavy atom. The molecule has 2 unspecified atom stereocenters. The number of fused-ring (bicyclic) bond motifs is 5. The number of anilines is 1.